The number of ether oxygens (including phenoxy) is 2. The zero-order valence-corrected chi connectivity index (χ0v) is 19.7. The molecular weight excluding hydrogens is 460 g/mol. The van der Waals surface area contributed by atoms with Crippen molar-refractivity contribution in [2.75, 3.05) is 7.11 Å². The van der Waals surface area contributed by atoms with Crippen molar-refractivity contribution < 1.29 is 24.7 Å². The van der Waals surface area contributed by atoms with Gasteiger partial charge in [0.15, 0.2) is 17.9 Å². The van der Waals surface area contributed by atoms with Gasteiger partial charge in [-0.05, 0) is 24.6 Å². The summed E-state index contributed by atoms with van der Waals surface area (Å²) in [4.78, 5) is 13.3. The van der Waals surface area contributed by atoms with Gasteiger partial charge in [0.05, 0.1) is 34.1 Å². The molecule has 5 aromatic rings. The summed E-state index contributed by atoms with van der Waals surface area (Å²) < 4.78 is 17.1. The van der Waals surface area contributed by atoms with Crippen molar-refractivity contribution in [1.82, 2.24) is 14.5 Å². The van der Waals surface area contributed by atoms with E-state index < -0.39 is 29.3 Å². The molecule has 5 heterocycles. The van der Waals surface area contributed by atoms with Crippen LogP contribution in [-0.2, 0) is 21.7 Å². The van der Waals surface area contributed by atoms with Crippen LogP contribution >= 0.6 is 0 Å². The summed E-state index contributed by atoms with van der Waals surface area (Å²) in [6.45, 7) is 2.38. The number of amides is 1. The Kier molecular flexibility index (Phi) is 3.82. The average molecular weight is 485 g/mol. The van der Waals surface area contributed by atoms with Crippen molar-refractivity contribution in [3.8, 4) is 0 Å². The van der Waals surface area contributed by atoms with Crippen molar-refractivity contribution in [2.24, 2.45) is 0 Å². The molecule has 3 aromatic carbocycles. The lowest BCUT2D eigenvalue weighted by atomic mass is 9.93. The van der Waals surface area contributed by atoms with E-state index in [0.717, 1.165) is 49.2 Å². The second-order valence-electron chi connectivity index (χ2n) is 10.2. The van der Waals surface area contributed by atoms with Crippen LogP contribution in [0, 0.1) is 5.21 Å². The van der Waals surface area contributed by atoms with Crippen LogP contribution in [-0.4, -0.2) is 39.5 Å². The van der Waals surface area contributed by atoms with Gasteiger partial charge in [0.2, 0.25) is 0 Å². The van der Waals surface area contributed by atoms with Crippen LogP contribution in [0.25, 0.3) is 43.6 Å². The second-order valence-corrected chi connectivity index (χ2v) is 10.2. The molecule has 1 amide bonds. The Morgan fingerprint density at radius 3 is 2.53 bits per heavy atom. The zero-order chi connectivity index (χ0) is 24.5. The van der Waals surface area contributed by atoms with Crippen LogP contribution in [0.5, 0.6) is 0 Å². The highest BCUT2D eigenvalue weighted by atomic mass is 16.8. The molecule has 36 heavy (non-hydrogen) atoms. The number of nitrogens with zero attached hydrogens (tertiary/aromatic N) is 2. The van der Waals surface area contributed by atoms with E-state index in [2.05, 4.69) is 20.5 Å². The summed E-state index contributed by atoms with van der Waals surface area (Å²) >= 11 is 0. The lowest BCUT2D eigenvalue weighted by Crippen LogP contribution is -3.11. The fourth-order valence-corrected chi connectivity index (χ4v) is 7.30. The monoisotopic (exact) mass is 484 g/mol. The summed E-state index contributed by atoms with van der Waals surface area (Å²) in [5.41, 5.74) is 4.30. The van der Waals surface area contributed by atoms with Gasteiger partial charge >= 0.3 is 0 Å². The molecule has 8 rings (SSSR count). The first-order valence-electron chi connectivity index (χ1n) is 12.2. The van der Waals surface area contributed by atoms with Gasteiger partial charge in [0.25, 0.3) is 5.91 Å². The van der Waals surface area contributed by atoms with Crippen LogP contribution < -0.4 is 10.5 Å². The number of carbonyl (C=O) groups is 1. The lowest BCUT2D eigenvalue weighted by Gasteiger charge is -2.48. The van der Waals surface area contributed by atoms with E-state index in [1.807, 2.05) is 49.4 Å². The topological polar surface area (TPSA) is 105 Å². The molecule has 0 spiro atoms. The number of rotatable bonds is 2. The predicted molar refractivity (Wildman–Crippen MR) is 133 cm³/mol. The molecule has 1 unspecified atom stereocenters. The quantitative estimate of drug-likeness (QED) is 0.334. The van der Waals surface area contributed by atoms with Gasteiger partial charge in [-0.15, -0.1) is 0 Å². The Bertz CT molecular complexity index is 1790. The fourth-order valence-electron chi connectivity index (χ4n) is 7.30. The largest absolute Gasteiger partial charge is 0.600 e. The van der Waals surface area contributed by atoms with Crippen LogP contribution in [0.15, 0.2) is 48.5 Å². The maximum Gasteiger partial charge on any atom is 0.252 e. The van der Waals surface area contributed by atoms with Crippen LogP contribution in [0.3, 0.4) is 0 Å². The van der Waals surface area contributed by atoms with Crippen LogP contribution in [0.4, 0.5) is 0 Å². The first kappa shape index (κ1) is 20.7. The summed E-state index contributed by atoms with van der Waals surface area (Å²) in [6, 6.07) is 15.3. The molecule has 2 bridgehead atoms. The molecule has 2 aromatic heterocycles. The van der Waals surface area contributed by atoms with Gasteiger partial charge in [-0.3, -0.25) is 4.79 Å². The Morgan fingerprint density at radius 2 is 1.81 bits per heavy atom. The highest BCUT2D eigenvalue weighted by molar-refractivity contribution is 6.31. The SMILES string of the molecule is CO[C@@H]1[C@@H]([NH+]([O-])O)C[C@H]2O[C@]1(C)n1c3ccccc3c3c4c(c5c6ccccc6n2c5c31)C(=O)NC4. The van der Waals surface area contributed by atoms with Gasteiger partial charge < -0.3 is 29.1 Å². The molecule has 0 radical (unpaired) electrons. The number of nitrogens with one attached hydrogen (secondary N) is 2. The number of hydroxylamine groups is 2. The minimum Gasteiger partial charge on any atom is -0.600 e. The molecule has 0 aliphatic carbocycles. The molecule has 3 aliphatic rings. The van der Waals surface area contributed by atoms with Crippen LogP contribution in [0.2, 0.25) is 0 Å². The number of quaternary nitrogens is 1. The Labute approximate surface area is 204 Å². The number of fused-ring (bicyclic) bond motifs is 13. The number of benzene rings is 3. The average Bonchev–Trinajstić information content (AvgIpc) is 3.51. The number of carbonyl (C=O) groups excluding carboxylic acids is 1. The molecule has 182 valence electrons. The molecule has 9 nitrogen and oxygen atoms in total. The Morgan fingerprint density at radius 1 is 1.11 bits per heavy atom. The first-order valence-corrected chi connectivity index (χ1v) is 12.2. The van der Waals surface area contributed by atoms with Gasteiger partial charge in [-0.1, -0.05) is 36.4 Å². The number of hydrogen-bond donors (Lipinski definition) is 3. The smallest absolute Gasteiger partial charge is 0.252 e. The third-order valence-electron chi connectivity index (χ3n) is 8.54. The minimum absolute atomic E-state index is 0.0795. The highest BCUT2D eigenvalue weighted by Crippen LogP contribution is 2.53. The maximum absolute atomic E-state index is 13.3. The molecule has 1 saturated heterocycles. The van der Waals surface area contributed by atoms with Crippen molar-refractivity contribution in [2.45, 2.75) is 44.0 Å². The Balaban J connectivity index is 1.70. The van der Waals surface area contributed by atoms with E-state index in [9.17, 15) is 15.2 Å². The van der Waals surface area contributed by atoms with Crippen molar-refractivity contribution in [3.63, 3.8) is 0 Å². The summed E-state index contributed by atoms with van der Waals surface area (Å²) in [5.74, 6) is -0.0795. The molecule has 5 atom stereocenters. The zero-order valence-electron chi connectivity index (χ0n) is 19.7. The summed E-state index contributed by atoms with van der Waals surface area (Å²) in [5, 5.41) is 28.9. The highest BCUT2D eigenvalue weighted by Gasteiger charge is 2.55. The van der Waals surface area contributed by atoms with E-state index in [0.29, 0.717) is 12.1 Å². The number of aromatic nitrogens is 2. The van der Waals surface area contributed by atoms with Crippen molar-refractivity contribution in [3.05, 3.63) is 64.9 Å². The van der Waals surface area contributed by atoms with Crippen molar-refractivity contribution in [1.29, 1.82) is 0 Å². The van der Waals surface area contributed by atoms with E-state index >= 15 is 0 Å². The summed E-state index contributed by atoms with van der Waals surface area (Å²) in [7, 11) is 1.56. The molecule has 1 fully saturated rings. The maximum atomic E-state index is 13.3. The molecule has 9 heteroatoms. The third-order valence-corrected chi connectivity index (χ3v) is 8.54. The third kappa shape index (κ3) is 2.18. The van der Waals surface area contributed by atoms with E-state index in [4.69, 9.17) is 9.47 Å². The molecule has 3 aliphatic heterocycles. The molecular formula is C27H24N4O5. The first-order chi connectivity index (χ1) is 17.5. The lowest BCUT2D eigenvalue weighted by molar-refractivity contribution is -1.07. The van der Waals surface area contributed by atoms with Crippen molar-refractivity contribution >= 4 is 49.5 Å². The van der Waals surface area contributed by atoms with Crippen LogP contribution in [0.1, 0.15) is 35.5 Å². The van der Waals surface area contributed by atoms with Gasteiger partial charge in [-0.2, -0.15) is 0 Å². The Hall–Kier alpha value is -3.47. The normalized spacial score (nSPS) is 27.8. The number of hydrogen-bond acceptors (Lipinski definition) is 5. The van der Waals surface area contributed by atoms with Gasteiger partial charge in [-0.25, -0.2) is 10.4 Å². The number of methoxy groups -OCH3 is 1. The fraction of sp³-hybridized carbons (Fsp3) is 0.296. The minimum atomic E-state index is -1.10. The predicted octanol–water partition coefficient (Wildman–Crippen LogP) is 2.91. The molecule has 0 saturated carbocycles. The van der Waals surface area contributed by atoms with Gasteiger partial charge in [0.1, 0.15) is 6.23 Å². The second kappa shape index (κ2) is 6.64. The van der Waals surface area contributed by atoms with Gasteiger partial charge in [0, 0.05) is 35.2 Å². The van der Waals surface area contributed by atoms with E-state index in [1.54, 1.807) is 7.11 Å². The van der Waals surface area contributed by atoms with E-state index in [1.165, 1.54) is 0 Å². The summed E-state index contributed by atoms with van der Waals surface area (Å²) in [6.07, 6.45) is -1.01. The van der Waals surface area contributed by atoms with E-state index in [-0.39, 0.29) is 12.3 Å². The standard InChI is InChI=1S/C27H24N4O5/c1-27-25(35-2)18(31(33)34)11-19(36-27)29-16-9-5-3-7-13(16)21-22-15(12-28-26(22)32)20-14-8-4-6-10-17(14)30(27)24(20)23(21)29/h3-10,18-19,25,31,33H,11-12H2,1-2H3,(H,28,32)/t18-,19+,25+,27-/m0/s1. The number of para-hydroxylation sites is 2. The molecule has 3 N–H and O–H groups in total.